The Labute approximate surface area is 265 Å². The Morgan fingerprint density at radius 2 is 1.14 bits per heavy atom. The lowest BCUT2D eigenvalue weighted by Gasteiger charge is -2.32. The normalized spacial score (nSPS) is 33.1. The van der Waals surface area contributed by atoms with E-state index in [1.165, 1.54) is 77.0 Å². The largest absolute Gasteiger partial charge is 0.393 e. The minimum Gasteiger partial charge on any atom is -0.393 e. The standard InChI is InChI=1S/C23H41NO2.C8H12O.C6H16N2/c1-3-18-11-13-20(22(25)16-18)10-8-6-5-7-9-15-24-21-14-12-19(4-2)17-23(21)26;1-2-6-3-4-7-8(5-6)9-7;7-5-3-1-2-4-6-8/h3-4,18-26H,1-2,5-17H2;2,6-8H,1,3-5H2;1-8H2. The zero-order valence-electron chi connectivity index (χ0n) is 27.6. The number of allylic oxidation sites excluding steroid dienone is 3. The Bertz CT molecular complexity index is 690. The van der Waals surface area contributed by atoms with Crippen molar-refractivity contribution in [1.29, 1.82) is 0 Å². The van der Waals surface area contributed by atoms with E-state index in [-0.39, 0.29) is 18.2 Å². The second-order valence-corrected chi connectivity index (χ2v) is 13.6. The summed E-state index contributed by atoms with van der Waals surface area (Å²) < 4.78 is 5.36. The van der Waals surface area contributed by atoms with Crippen molar-refractivity contribution in [2.45, 2.75) is 152 Å². The summed E-state index contributed by atoms with van der Waals surface area (Å²) >= 11 is 0. The Hall–Kier alpha value is -1.02. The molecule has 0 aromatic rings. The summed E-state index contributed by atoms with van der Waals surface area (Å²) in [5.74, 6) is 2.28. The van der Waals surface area contributed by atoms with Crippen LogP contribution >= 0.6 is 0 Å². The van der Waals surface area contributed by atoms with E-state index in [9.17, 15) is 10.2 Å². The quantitative estimate of drug-likeness (QED) is 0.0709. The third-order valence-corrected chi connectivity index (χ3v) is 10.2. The molecule has 0 aromatic heterocycles. The molecule has 9 unspecified atom stereocenters. The van der Waals surface area contributed by atoms with E-state index in [4.69, 9.17) is 16.2 Å². The summed E-state index contributed by atoms with van der Waals surface area (Å²) in [6.07, 6.45) is 29.4. The summed E-state index contributed by atoms with van der Waals surface area (Å²) in [5.41, 5.74) is 10.6. The minimum absolute atomic E-state index is 0.112. The van der Waals surface area contributed by atoms with Crippen LogP contribution in [0.1, 0.15) is 122 Å². The molecule has 4 aliphatic rings. The first-order valence-electron chi connectivity index (χ1n) is 18.0. The Balaban J connectivity index is 0.000000305. The van der Waals surface area contributed by atoms with E-state index in [0.29, 0.717) is 30.0 Å². The molecule has 3 aliphatic carbocycles. The maximum atomic E-state index is 10.2. The first kappa shape index (κ1) is 38.2. The second kappa shape index (κ2) is 23.3. The van der Waals surface area contributed by atoms with E-state index < -0.39 is 0 Å². The van der Waals surface area contributed by atoms with Gasteiger partial charge in [-0.3, -0.25) is 0 Å². The lowest BCUT2D eigenvalue weighted by atomic mass is 9.77. The highest BCUT2D eigenvalue weighted by molar-refractivity contribution is 4.96. The average Bonchev–Trinajstić information content (AvgIpc) is 3.81. The maximum Gasteiger partial charge on any atom is 0.0847 e. The zero-order chi connectivity index (χ0) is 31.3. The third-order valence-electron chi connectivity index (χ3n) is 10.2. The van der Waals surface area contributed by atoms with Crippen LogP contribution in [0.5, 0.6) is 0 Å². The van der Waals surface area contributed by atoms with Crippen molar-refractivity contribution in [3.05, 3.63) is 38.0 Å². The summed E-state index contributed by atoms with van der Waals surface area (Å²) in [5, 5.41) is 24.0. The molecule has 0 bridgehead atoms. The first-order valence-corrected chi connectivity index (χ1v) is 18.0. The molecule has 6 nitrogen and oxygen atoms in total. The molecule has 1 heterocycles. The van der Waals surface area contributed by atoms with Crippen molar-refractivity contribution < 1.29 is 14.9 Å². The molecule has 0 amide bonds. The molecule has 6 heteroatoms. The highest BCUT2D eigenvalue weighted by atomic mass is 16.6. The second-order valence-electron chi connectivity index (χ2n) is 13.6. The number of hydrogen-bond acceptors (Lipinski definition) is 6. The summed E-state index contributed by atoms with van der Waals surface area (Å²) in [7, 11) is 0. The number of epoxide rings is 1. The SMILES string of the molecule is C=CC1CCC(CCCCCCCNC2CCC(C=C)CC2O)C(O)C1.C=CC1CCC2OC2C1.NCCCCCCN. The molecule has 1 aliphatic heterocycles. The maximum absolute atomic E-state index is 10.2. The molecule has 4 rings (SSSR count). The molecule has 7 N–H and O–H groups in total. The van der Waals surface area contributed by atoms with E-state index >= 15 is 0 Å². The number of rotatable bonds is 17. The van der Waals surface area contributed by atoms with Gasteiger partial charge in [0.1, 0.15) is 0 Å². The van der Waals surface area contributed by atoms with Crippen molar-refractivity contribution in [2.75, 3.05) is 19.6 Å². The zero-order valence-corrected chi connectivity index (χ0v) is 27.6. The molecular weight excluding hydrogens is 534 g/mol. The Morgan fingerprint density at radius 3 is 1.72 bits per heavy atom. The molecule has 0 aromatic carbocycles. The van der Waals surface area contributed by atoms with Crippen LogP contribution in [-0.4, -0.2) is 60.3 Å². The fourth-order valence-electron chi connectivity index (χ4n) is 7.06. The molecule has 43 heavy (non-hydrogen) atoms. The van der Waals surface area contributed by atoms with Gasteiger partial charge in [0.2, 0.25) is 0 Å². The number of unbranched alkanes of at least 4 members (excludes halogenated alkanes) is 7. The van der Waals surface area contributed by atoms with Crippen LogP contribution in [0, 0.1) is 23.7 Å². The summed E-state index contributed by atoms with van der Waals surface area (Å²) in [6.45, 7) is 14.2. The number of fused-ring (bicyclic) bond motifs is 1. The monoisotopic (exact) mass is 604 g/mol. The van der Waals surface area contributed by atoms with E-state index in [0.717, 1.165) is 70.5 Å². The topological polar surface area (TPSA) is 117 Å². The van der Waals surface area contributed by atoms with Crippen LogP contribution < -0.4 is 16.8 Å². The van der Waals surface area contributed by atoms with Crippen molar-refractivity contribution >= 4 is 0 Å². The number of aliphatic hydroxyl groups excluding tert-OH is 2. The number of aliphatic hydroxyl groups is 2. The smallest absolute Gasteiger partial charge is 0.0847 e. The summed E-state index contributed by atoms with van der Waals surface area (Å²) in [4.78, 5) is 0. The van der Waals surface area contributed by atoms with Crippen LogP contribution in [0.3, 0.4) is 0 Å². The number of hydrogen-bond donors (Lipinski definition) is 5. The van der Waals surface area contributed by atoms with Gasteiger partial charge in [-0.05, 0) is 127 Å². The van der Waals surface area contributed by atoms with Crippen LogP contribution in [-0.2, 0) is 4.74 Å². The number of nitrogens with one attached hydrogen (secondary N) is 1. The number of nitrogens with two attached hydrogens (primary N) is 2. The molecule has 250 valence electrons. The molecule has 0 spiro atoms. The van der Waals surface area contributed by atoms with Gasteiger partial charge in [0.05, 0.1) is 24.4 Å². The van der Waals surface area contributed by atoms with Crippen LogP contribution in [0.15, 0.2) is 38.0 Å². The van der Waals surface area contributed by atoms with E-state index in [2.05, 4.69) is 31.1 Å². The van der Waals surface area contributed by atoms with Crippen LogP contribution in [0.25, 0.3) is 0 Å². The van der Waals surface area contributed by atoms with Crippen LogP contribution in [0.2, 0.25) is 0 Å². The van der Waals surface area contributed by atoms with Gasteiger partial charge in [0.25, 0.3) is 0 Å². The molecule has 9 atom stereocenters. The Kier molecular flexibility index (Phi) is 20.7. The van der Waals surface area contributed by atoms with Gasteiger partial charge in [0.15, 0.2) is 0 Å². The predicted molar refractivity (Wildman–Crippen MR) is 183 cm³/mol. The molecule has 0 radical (unpaired) electrons. The minimum atomic E-state index is -0.214. The molecule has 1 saturated heterocycles. The van der Waals surface area contributed by atoms with Crippen molar-refractivity contribution in [3.8, 4) is 0 Å². The molecular formula is C37H69N3O3. The van der Waals surface area contributed by atoms with Gasteiger partial charge >= 0.3 is 0 Å². The lowest BCUT2D eigenvalue weighted by Crippen LogP contribution is -2.44. The van der Waals surface area contributed by atoms with E-state index in [1.54, 1.807) is 0 Å². The lowest BCUT2D eigenvalue weighted by molar-refractivity contribution is 0.0492. The highest BCUT2D eigenvalue weighted by Crippen LogP contribution is 2.39. The fraction of sp³-hybridized carbons (Fsp3) is 0.838. The van der Waals surface area contributed by atoms with Gasteiger partial charge < -0.3 is 31.7 Å². The van der Waals surface area contributed by atoms with Gasteiger partial charge in [0, 0.05) is 6.04 Å². The van der Waals surface area contributed by atoms with Crippen molar-refractivity contribution in [3.63, 3.8) is 0 Å². The fourth-order valence-corrected chi connectivity index (χ4v) is 7.06. The van der Waals surface area contributed by atoms with Crippen molar-refractivity contribution in [1.82, 2.24) is 5.32 Å². The van der Waals surface area contributed by atoms with Crippen molar-refractivity contribution in [2.24, 2.45) is 35.1 Å². The van der Waals surface area contributed by atoms with E-state index in [1.807, 2.05) is 12.2 Å². The predicted octanol–water partition coefficient (Wildman–Crippen LogP) is 6.80. The Morgan fingerprint density at radius 1 is 0.605 bits per heavy atom. The number of ether oxygens (including phenoxy) is 1. The molecule has 4 fully saturated rings. The third kappa shape index (κ3) is 16.2. The first-order chi connectivity index (χ1) is 20.9. The van der Waals surface area contributed by atoms with Gasteiger partial charge in [-0.2, -0.15) is 0 Å². The van der Waals surface area contributed by atoms with Gasteiger partial charge in [-0.1, -0.05) is 56.8 Å². The van der Waals surface area contributed by atoms with Crippen LogP contribution in [0.4, 0.5) is 0 Å². The average molecular weight is 604 g/mol. The highest BCUT2D eigenvalue weighted by Gasteiger charge is 2.42. The van der Waals surface area contributed by atoms with Gasteiger partial charge in [-0.15, -0.1) is 19.7 Å². The van der Waals surface area contributed by atoms with Gasteiger partial charge in [-0.25, -0.2) is 0 Å². The summed E-state index contributed by atoms with van der Waals surface area (Å²) in [6, 6.07) is 0.276. The molecule has 3 saturated carbocycles.